The summed E-state index contributed by atoms with van der Waals surface area (Å²) in [7, 11) is 0. The third kappa shape index (κ3) is 3.43. The second kappa shape index (κ2) is 7.89. The van der Waals surface area contributed by atoms with Crippen LogP contribution in [-0.4, -0.2) is 27.7 Å². The Balaban J connectivity index is 1.60. The molecule has 0 radical (unpaired) electrons. The van der Waals surface area contributed by atoms with Gasteiger partial charge in [0.25, 0.3) is 5.91 Å². The number of carbonyl (C=O) groups excluding carboxylic acids is 2. The number of hydrogen-bond donors (Lipinski definition) is 1. The Morgan fingerprint density at radius 2 is 1.77 bits per heavy atom. The van der Waals surface area contributed by atoms with E-state index in [1.807, 2.05) is 30.3 Å². The normalized spacial score (nSPS) is 20.1. The number of rotatable bonds is 4. The van der Waals surface area contributed by atoms with E-state index >= 15 is 0 Å². The van der Waals surface area contributed by atoms with Crippen molar-refractivity contribution in [1.82, 2.24) is 4.90 Å². The molecule has 158 valence electrons. The Morgan fingerprint density at radius 3 is 2.52 bits per heavy atom. The van der Waals surface area contributed by atoms with Gasteiger partial charge in [0.2, 0.25) is 5.78 Å². The summed E-state index contributed by atoms with van der Waals surface area (Å²) in [4.78, 5) is 28.4. The SMILES string of the molecule is O=C(C1=C(O)C(=O)N(C2CCCCC2)C1c1ccccc1)c1cc2cc(Cl)ccc2o1. The summed E-state index contributed by atoms with van der Waals surface area (Å²) in [6, 6.07) is 15.5. The number of aliphatic hydroxyl groups is 1. The monoisotopic (exact) mass is 435 g/mol. The highest BCUT2D eigenvalue weighted by Gasteiger charge is 2.47. The van der Waals surface area contributed by atoms with Gasteiger partial charge < -0.3 is 14.4 Å². The van der Waals surface area contributed by atoms with Crippen LogP contribution in [-0.2, 0) is 4.79 Å². The fourth-order valence-electron chi connectivity index (χ4n) is 4.81. The number of aliphatic hydroxyl groups excluding tert-OH is 1. The highest BCUT2D eigenvalue weighted by molar-refractivity contribution is 6.31. The van der Waals surface area contributed by atoms with Crippen molar-refractivity contribution in [2.24, 2.45) is 0 Å². The largest absolute Gasteiger partial charge is 0.503 e. The summed E-state index contributed by atoms with van der Waals surface area (Å²) in [5, 5.41) is 12.1. The van der Waals surface area contributed by atoms with Crippen molar-refractivity contribution in [3.63, 3.8) is 0 Å². The zero-order chi connectivity index (χ0) is 21.5. The lowest BCUT2D eigenvalue weighted by atomic mass is 9.90. The van der Waals surface area contributed by atoms with E-state index in [9.17, 15) is 14.7 Å². The quantitative estimate of drug-likeness (QED) is 0.510. The lowest BCUT2D eigenvalue weighted by Gasteiger charge is -2.36. The van der Waals surface area contributed by atoms with Gasteiger partial charge in [-0.15, -0.1) is 0 Å². The highest BCUT2D eigenvalue weighted by atomic mass is 35.5. The van der Waals surface area contributed by atoms with Crippen molar-refractivity contribution >= 4 is 34.3 Å². The molecule has 5 rings (SSSR count). The first-order chi connectivity index (χ1) is 15.0. The smallest absolute Gasteiger partial charge is 0.290 e. The van der Waals surface area contributed by atoms with Crippen molar-refractivity contribution in [1.29, 1.82) is 0 Å². The maximum atomic E-state index is 13.5. The fraction of sp³-hybridized carbons (Fsp3) is 0.280. The molecule has 1 aliphatic carbocycles. The first kappa shape index (κ1) is 19.9. The average molecular weight is 436 g/mol. The number of furan rings is 1. The summed E-state index contributed by atoms with van der Waals surface area (Å²) in [6.07, 6.45) is 4.94. The molecule has 1 N–H and O–H groups in total. The molecular weight excluding hydrogens is 414 g/mol. The molecule has 0 bridgehead atoms. The summed E-state index contributed by atoms with van der Waals surface area (Å²) >= 11 is 6.06. The Bertz CT molecular complexity index is 1190. The van der Waals surface area contributed by atoms with Crippen molar-refractivity contribution in [3.05, 3.63) is 82.3 Å². The molecule has 2 aromatic carbocycles. The van der Waals surface area contributed by atoms with Crippen LogP contribution in [0, 0.1) is 0 Å². The Hall–Kier alpha value is -3.05. The molecule has 2 heterocycles. The van der Waals surface area contributed by atoms with E-state index in [-0.39, 0.29) is 17.4 Å². The predicted molar refractivity (Wildman–Crippen MR) is 118 cm³/mol. The van der Waals surface area contributed by atoms with E-state index in [0.717, 1.165) is 37.7 Å². The van der Waals surface area contributed by atoms with E-state index in [1.54, 1.807) is 29.2 Å². The molecular formula is C25H22ClNO4. The molecule has 0 spiro atoms. The second-order valence-electron chi connectivity index (χ2n) is 8.20. The number of fused-ring (bicyclic) bond motifs is 1. The number of amides is 1. The number of ketones is 1. The van der Waals surface area contributed by atoms with Crippen LogP contribution in [0.3, 0.4) is 0 Å². The van der Waals surface area contributed by atoms with Crippen LogP contribution < -0.4 is 0 Å². The number of nitrogens with zero attached hydrogens (tertiary/aromatic N) is 1. The van der Waals surface area contributed by atoms with E-state index < -0.39 is 23.5 Å². The first-order valence-electron chi connectivity index (χ1n) is 10.6. The number of carbonyl (C=O) groups is 2. The van der Waals surface area contributed by atoms with Gasteiger partial charge in [-0.1, -0.05) is 61.2 Å². The van der Waals surface area contributed by atoms with Crippen molar-refractivity contribution < 1.29 is 19.1 Å². The molecule has 0 saturated heterocycles. The fourth-order valence-corrected chi connectivity index (χ4v) is 4.99. The van der Waals surface area contributed by atoms with Gasteiger partial charge in [0.05, 0.1) is 11.6 Å². The molecule has 1 fully saturated rings. The predicted octanol–water partition coefficient (Wildman–Crippen LogP) is 6.00. The van der Waals surface area contributed by atoms with Gasteiger partial charge in [-0.05, 0) is 42.7 Å². The van der Waals surface area contributed by atoms with Crippen LogP contribution in [0.2, 0.25) is 5.02 Å². The van der Waals surface area contributed by atoms with Crippen LogP contribution >= 0.6 is 11.6 Å². The minimum absolute atomic E-state index is 0.00612. The third-order valence-corrected chi connectivity index (χ3v) is 6.51. The van der Waals surface area contributed by atoms with Gasteiger partial charge in [-0.3, -0.25) is 9.59 Å². The topological polar surface area (TPSA) is 70.8 Å². The van der Waals surface area contributed by atoms with Gasteiger partial charge in [-0.2, -0.15) is 0 Å². The number of benzene rings is 2. The zero-order valence-corrected chi connectivity index (χ0v) is 17.6. The maximum absolute atomic E-state index is 13.5. The first-order valence-corrected chi connectivity index (χ1v) is 11.0. The van der Waals surface area contributed by atoms with Crippen molar-refractivity contribution in [2.75, 3.05) is 0 Å². The standard InChI is InChI=1S/C25H22ClNO4/c26-17-11-12-19-16(13-17)14-20(31-19)23(28)21-22(15-7-3-1-4-8-15)27(25(30)24(21)29)18-9-5-2-6-10-18/h1,3-4,7-8,11-14,18,22,29H,2,5-6,9-10H2. The minimum atomic E-state index is -0.638. The molecule has 1 unspecified atom stereocenters. The van der Waals surface area contributed by atoms with Crippen molar-refractivity contribution in [3.8, 4) is 0 Å². The lowest BCUT2D eigenvalue weighted by molar-refractivity contribution is -0.132. The molecule has 1 saturated carbocycles. The summed E-state index contributed by atoms with van der Waals surface area (Å²) in [5.74, 6) is -1.37. The Labute approximate surface area is 184 Å². The molecule has 3 aromatic rings. The summed E-state index contributed by atoms with van der Waals surface area (Å²) < 4.78 is 5.76. The van der Waals surface area contributed by atoms with Crippen LogP contribution in [0.5, 0.6) is 0 Å². The number of halogens is 1. The van der Waals surface area contributed by atoms with Crippen LogP contribution in [0.15, 0.2) is 70.3 Å². The van der Waals surface area contributed by atoms with Gasteiger partial charge in [0.1, 0.15) is 5.58 Å². The highest BCUT2D eigenvalue weighted by Crippen LogP contribution is 2.43. The lowest BCUT2D eigenvalue weighted by Crippen LogP contribution is -2.41. The molecule has 1 aliphatic heterocycles. The zero-order valence-electron chi connectivity index (χ0n) is 16.9. The summed E-state index contributed by atoms with van der Waals surface area (Å²) in [6.45, 7) is 0. The molecule has 1 amide bonds. The molecule has 31 heavy (non-hydrogen) atoms. The molecule has 1 atom stereocenters. The van der Waals surface area contributed by atoms with Crippen LogP contribution in [0.4, 0.5) is 0 Å². The maximum Gasteiger partial charge on any atom is 0.290 e. The van der Waals surface area contributed by atoms with Gasteiger partial charge >= 0.3 is 0 Å². The second-order valence-corrected chi connectivity index (χ2v) is 8.64. The van der Waals surface area contributed by atoms with Gasteiger partial charge in [0, 0.05) is 16.5 Å². The molecule has 1 aromatic heterocycles. The van der Waals surface area contributed by atoms with Gasteiger partial charge in [0.15, 0.2) is 11.5 Å². The van der Waals surface area contributed by atoms with Crippen LogP contribution in [0.25, 0.3) is 11.0 Å². The average Bonchev–Trinajstić information content (AvgIpc) is 3.33. The number of hydrogen-bond acceptors (Lipinski definition) is 4. The minimum Gasteiger partial charge on any atom is -0.503 e. The van der Waals surface area contributed by atoms with E-state index in [0.29, 0.717) is 16.0 Å². The molecule has 2 aliphatic rings. The summed E-state index contributed by atoms with van der Waals surface area (Å²) in [5.41, 5.74) is 1.40. The molecule has 5 nitrogen and oxygen atoms in total. The molecule has 6 heteroatoms. The van der Waals surface area contributed by atoms with Gasteiger partial charge in [-0.25, -0.2) is 0 Å². The Kier molecular flexibility index (Phi) is 5.06. The third-order valence-electron chi connectivity index (χ3n) is 6.27. The number of Topliss-reactive ketones (excluding diaryl/α,β-unsaturated/α-hetero) is 1. The van der Waals surface area contributed by atoms with E-state index in [2.05, 4.69) is 0 Å². The van der Waals surface area contributed by atoms with E-state index in [4.69, 9.17) is 16.0 Å². The van der Waals surface area contributed by atoms with Crippen molar-refractivity contribution in [2.45, 2.75) is 44.2 Å². The van der Waals surface area contributed by atoms with E-state index in [1.165, 1.54) is 0 Å². The Morgan fingerprint density at radius 1 is 1.03 bits per heavy atom. The van der Waals surface area contributed by atoms with Crippen LogP contribution in [0.1, 0.15) is 54.3 Å².